The number of nitrogens with one attached hydrogen (secondary N) is 1. The van der Waals surface area contributed by atoms with Crippen molar-refractivity contribution >= 4 is 5.91 Å². The Morgan fingerprint density at radius 3 is 3.00 bits per heavy atom. The number of hydrogen-bond donors (Lipinski definition) is 1. The van der Waals surface area contributed by atoms with Crippen LogP contribution in [0.1, 0.15) is 24.0 Å². The van der Waals surface area contributed by atoms with Crippen molar-refractivity contribution in [1.29, 1.82) is 5.26 Å². The first-order chi connectivity index (χ1) is 10.3. The van der Waals surface area contributed by atoms with Crippen LogP contribution in [0, 0.1) is 11.3 Å². The Balaban J connectivity index is 1.71. The summed E-state index contributed by atoms with van der Waals surface area (Å²) in [5.74, 6) is 0.0478. The lowest BCUT2D eigenvalue weighted by atomic mass is 10.1. The van der Waals surface area contributed by atoms with Gasteiger partial charge in [-0.2, -0.15) is 5.26 Å². The summed E-state index contributed by atoms with van der Waals surface area (Å²) in [5.41, 5.74) is 1.64. The molecule has 1 heterocycles. The summed E-state index contributed by atoms with van der Waals surface area (Å²) in [6.45, 7) is 2.37. The standard InChI is InChI=1S/C16H19N3O2/c17-9-12-3-1-2-4-13(12)10-19-7-8-21-11-15(19)16(20)18-14-5-6-14/h1-4,14-15H,5-8,10-11H2,(H,18,20). The molecule has 1 atom stereocenters. The van der Waals surface area contributed by atoms with Gasteiger partial charge in [-0.3, -0.25) is 9.69 Å². The molecule has 1 saturated heterocycles. The molecule has 110 valence electrons. The Morgan fingerprint density at radius 1 is 1.43 bits per heavy atom. The lowest BCUT2D eigenvalue weighted by Crippen LogP contribution is -2.53. The van der Waals surface area contributed by atoms with Gasteiger partial charge in [-0.15, -0.1) is 0 Å². The molecule has 1 aliphatic carbocycles. The van der Waals surface area contributed by atoms with Gasteiger partial charge in [0.15, 0.2) is 0 Å². The molecule has 0 spiro atoms. The fourth-order valence-electron chi connectivity index (χ4n) is 2.58. The van der Waals surface area contributed by atoms with Crippen LogP contribution in [0.3, 0.4) is 0 Å². The van der Waals surface area contributed by atoms with Crippen LogP contribution >= 0.6 is 0 Å². The van der Waals surface area contributed by atoms with E-state index in [0.717, 1.165) is 18.4 Å². The molecule has 21 heavy (non-hydrogen) atoms. The van der Waals surface area contributed by atoms with Crippen LogP contribution in [-0.4, -0.2) is 42.6 Å². The zero-order chi connectivity index (χ0) is 14.7. The minimum atomic E-state index is -0.258. The molecule has 1 aliphatic heterocycles. The molecule has 2 aliphatic rings. The van der Waals surface area contributed by atoms with Crippen molar-refractivity contribution in [1.82, 2.24) is 10.2 Å². The van der Waals surface area contributed by atoms with Crippen LogP contribution in [0.5, 0.6) is 0 Å². The number of morpholine rings is 1. The number of carbonyl (C=O) groups is 1. The van der Waals surface area contributed by atoms with Gasteiger partial charge in [0.2, 0.25) is 5.91 Å². The van der Waals surface area contributed by atoms with E-state index < -0.39 is 0 Å². The maximum atomic E-state index is 12.3. The van der Waals surface area contributed by atoms with Gasteiger partial charge in [0, 0.05) is 19.1 Å². The average Bonchev–Trinajstić information content (AvgIpc) is 3.32. The molecular formula is C16H19N3O2. The Labute approximate surface area is 124 Å². The van der Waals surface area contributed by atoms with Crippen LogP contribution in [-0.2, 0) is 16.1 Å². The molecule has 5 heteroatoms. The number of nitriles is 1. The second-order valence-electron chi connectivity index (χ2n) is 5.61. The highest BCUT2D eigenvalue weighted by molar-refractivity contribution is 5.82. The summed E-state index contributed by atoms with van der Waals surface area (Å²) < 4.78 is 5.46. The first kappa shape index (κ1) is 14.1. The van der Waals surface area contributed by atoms with Crippen molar-refractivity contribution in [3.05, 3.63) is 35.4 Å². The van der Waals surface area contributed by atoms with Gasteiger partial charge in [-0.25, -0.2) is 0 Å². The molecule has 1 unspecified atom stereocenters. The van der Waals surface area contributed by atoms with Crippen LogP contribution < -0.4 is 5.32 Å². The third-order valence-corrected chi connectivity index (χ3v) is 3.98. The van der Waals surface area contributed by atoms with Crippen molar-refractivity contribution in [2.75, 3.05) is 19.8 Å². The van der Waals surface area contributed by atoms with E-state index in [1.807, 2.05) is 24.3 Å². The van der Waals surface area contributed by atoms with E-state index in [1.54, 1.807) is 0 Å². The van der Waals surface area contributed by atoms with Crippen molar-refractivity contribution in [2.24, 2.45) is 0 Å². The molecular weight excluding hydrogens is 266 g/mol. The predicted octanol–water partition coefficient (Wildman–Crippen LogP) is 1.04. The minimum absolute atomic E-state index is 0.0478. The van der Waals surface area contributed by atoms with Gasteiger partial charge >= 0.3 is 0 Å². The Morgan fingerprint density at radius 2 is 2.24 bits per heavy atom. The Bertz CT molecular complexity index is 563. The summed E-state index contributed by atoms with van der Waals surface area (Å²) in [5, 5.41) is 12.2. The van der Waals surface area contributed by atoms with Gasteiger partial charge in [-0.1, -0.05) is 18.2 Å². The number of carbonyl (C=O) groups excluding carboxylic acids is 1. The number of benzene rings is 1. The monoisotopic (exact) mass is 285 g/mol. The van der Waals surface area contributed by atoms with Crippen molar-refractivity contribution in [3.63, 3.8) is 0 Å². The highest BCUT2D eigenvalue weighted by atomic mass is 16.5. The van der Waals surface area contributed by atoms with E-state index in [9.17, 15) is 10.1 Å². The minimum Gasteiger partial charge on any atom is -0.378 e. The molecule has 1 saturated carbocycles. The van der Waals surface area contributed by atoms with Crippen molar-refractivity contribution in [2.45, 2.75) is 31.5 Å². The molecule has 0 bridgehead atoms. The van der Waals surface area contributed by atoms with Gasteiger partial charge in [0.1, 0.15) is 6.04 Å². The number of nitrogens with zero attached hydrogens (tertiary/aromatic N) is 2. The van der Waals surface area contributed by atoms with E-state index in [2.05, 4.69) is 16.3 Å². The zero-order valence-electron chi connectivity index (χ0n) is 11.9. The van der Waals surface area contributed by atoms with Gasteiger partial charge in [0.05, 0.1) is 24.8 Å². The summed E-state index contributed by atoms with van der Waals surface area (Å²) in [6, 6.07) is 9.86. The van der Waals surface area contributed by atoms with Crippen molar-refractivity contribution < 1.29 is 9.53 Å². The molecule has 1 amide bonds. The summed E-state index contributed by atoms with van der Waals surface area (Å²) >= 11 is 0. The molecule has 5 nitrogen and oxygen atoms in total. The smallest absolute Gasteiger partial charge is 0.239 e. The lowest BCUT2D eigenvalue weighted by Gasteiger charge is -2.34. The predicted molar refractivity (Wildman–Crippen MR) is 77.3 cm³/mol. The third-order valence-electron chi connectivity index (χ3n) is 3.98. The van der Waals surface area contributed by atoms with Crippen LogP contribution in [0.2, 0.25) is 0 Å². The largest absolute Gasteiger partial charge is 0.378 e. The normalized spacial score (nSPS) is 22.5. The summed E-state index contributed by atoms with van der Waals surface area (Å²) in [7, 11) is 0. The lowest BCUT2D eigenvalue weighted by molar-refractivity contribution is -0.133. The number of hydrogen-bond acceptors (Lipinski definition) is 4. The van der Waals surface area contributed by atoms with E-state index in [1.165, 1.54) is 0 Å². The molecule has 0 radical (unpaired) electrons. The molecule has 3 rings (SSSR count). The van der Waals surface area contributed by atoms with E-state index in [4.69, 9.17) is 4.74 Å². The molecule has 1 aromatic carbocycles. The van der Waals surface area contributed by atoms with E-state index in [0.29, 0.717) is 37.9 Å². The maximum absolute atomic E-state index is 12.3. The number of rotatable bonds is 4. The van der Waals surface area contributed by atoms with Crippen LogP contribution in [0.25, 0.3) is 0 Å². The summed E-state index contributed by atoms with van der Waals surface area (Å²) in [6.07, 6.45) is 2.16. The SMILES string of the molecule is N#Cc1ccccc1CN1CCOCC1C(=O)NC1CC1. The van der Waals surface area contributed by atoms with Gasteiger partial charge in [-0.05, 0) is 24.5 Å². The fraction of sp³-hybridized carbons (Fsp3) is 0.500. The number of ether oxygens (including phenoxy) is 1. The van der Waals surface area contributed by atoms with Gasteiger partial charge in [0.25, 0.3) is 0 Å². The Kier molecular flexibility index (Phi) is 4.18. The second kappa shape index (κ2) is 6.25. The van der Waals surface area contributed by atoms with E-state index >= 15 is 0 Å². The average molecular weight is 285 g/mol. The zero-order valence-corrected chi connectivity index (χ0v) is 11.9. The third kappa shape index (κ3) is 3.41. The molecule has 2 fully saturated rings. The molecule has 1 aromatic rings. The van der Waals surface area contributed by atoms with Crippen LogP contribution in [0.15, 0.2) is 24.3 Å². The van der Waals surface area contributed by atoms with E-state index in [-0.39, 0.29) is 11.9 Å². The van der Waals surface area contributed by atoms with Crippen molar-refractivity contribution in [3.8, 4) is 6.07 Å². The topological polar surface area (TPSA) is 65.4 Å². The molecule has 0 aromatic heterocycles. The highest BCUT2D eigenvalue weighted by Crippen LogP contribution is 2.20. The summed E-state index contributed by atoms with van der Waals surface area (Å²) in [4.78, 5) is 14.4. The highest BCUT2D eigenvalue weighted by Gasteiger charge is 2.33. The van der Waals surface area contributed by atoms with Crippen LogP contribution in [0.4, 0.5) is 0 Å². The second-order valence-corrected chi connectivity index (χ2v) is 5.61. The molecule has 1 N–H and O–H groups in total. The first-order valence-electron chi connectivity index (χ1n) is 7.38. The fourth-order valence-corrected chi connectivity index (χ4v) is 2.58. The Hall–Kier alpha value is -1.90. The van der Waals surface area contributed by atoms with Gasteiger partial charge < -0.3 is 10.1 Å². The maximum Gasteiger partial charge on any atom is 0.239 e. The quantitative estimate of drug-likeness (QED) is 0.897. The first-order valence-corrected chi connectivity index (χ1v) is 7.38. The number of amides is 1.